The van der Waals surface area contributed by atoms with E-state index in [1.807, 2.05) is 0 Å². The highest BCUT2D eigenvalue weighted by Crippen LogP contribution is 2.38. The van der Waals surface area contributed by atoms with Crippen LogP contribution in [-0.4, -0.2) is 5.16 Å². The Bertz CT molecular complexity index is 362. The quantitative estimate of drug-likeness (QED) is 0.869. The monoisotopic (exact) mass is 236 g/mol. The molecule has 1 aliphatic rings. The normalized spacial score (nSPS) is 25.4. The van der Waals surface area contributed by atoms with Gasteiger partial charge in [0.25, 0.3) is 0 Å². The molecule has 1 aromatic rings. The van der Waals surface area contributed by atoms with Crippen LogP contribution in [0.3, 0.4) is 0 Å². The summed E-state index contributed by atoms with van der Waals surface area (Å²) in [6.07, 6.45) is 6.03. The molecule has 0 saturated heterocycles. The van der Waals surface area contributed by atoms with Gasteiger partial charge in [-0.1, -0.05) is 38.8 Å². The first-order valence-electron chi connectivity index (χ1n) is 6.81. The topological polar surface area (TPSA) is 52.0 Å². The molecule has 96 valence electrons. The van der Waals surface area contributed by atoms with Gasteiger partial charge in [-0.05, 0) is 31.1 Å². The largest absolute Gasteiger partial charge is 0.381 e. The van der Waals surface area contributed by atoms with Crippen LogP contribution < -0.4 is 5.73 Å². The lowest BCUT2D eigenvalue weighted by atomic mass is 9.80. The lowest BCUT2D eigenvalue weighted by Gasteiger charge is -2.25. The SMILES string of the molecule is CC(C)Cc1c(N)noc1C1CCC(C)CC1. The van der Waals surface area contributed by atoms with E-state index in [-0.39, 0.29) is 0 Å². The maximum absolute atomic E-state index is 5.92. The summed E-state index contributed by atoms with van der Waals surface area (Å²) in [7, 11) is 0. The van der Waals surface area contributed by atoms with E-state index in [1.165, 1.54) is 31.2 Å². The van der Waals surface area contributed by atoms with E-state index in [0.717, 1.165) is 18.1 Å². The highest BCUT2D eigenvalue weighted by atomic mass is 16.5. The first-order valence-corrected chi connectivity index (χ1v) is 6.81. The molecule has 0 radical (unpaired) electrons. The van der Waals surface area contributed by atoms with Crippen molar-refractivity contribution in [1.29, 1.82) is 0 Å². The second-order valence-corrected chi connectivity index (χ2v) is 5.97. The minimum absolute atomic E-state index is 0.546. The summed E-state index contributed by atoms with van der Waals surface area (Å²) in [5.74, 6) is 3.68. The molecule has 1 aromatic heterocycles. The van der Waals surface area contributed by atoms with E-state index < -0.39 is 0 Å². The van der Waals surface area contributed by atoms with Crippen molar-refractivity contribution >= 4 is 5.82 Å². The molecular weight excluding hydrogens is 212 g/mol. The zero-order valence-corrected chi connectivity index (χ0v) is 11.2. The summed E-state index contributed by atoms with van der Waals surface area (Å²) in [5, 5.41) is 3.97. The standard InChI is InChI=1S/C14H24N2O/c1-9(2)8-12-13(17-16-14(12)15)11-6-4-10(3)5-7-11/h9-11H,4-8H2,1-3H3,(H2,15,16). The third-order valence-electron chi connectivity index (χ3n) is 3.85. The fourth-order valence-electron chi connectivity index (χ4n) is 2.79. The molecule has 0 bridgehead atoms. The van der Waals surface area contributed by atoms with Gasteiger partial charge in [-0.25, -0.2) is 0 Å². The van der Waals surface area contributed by atoms with Gasteiger partial charge in [-0.2, -0.15) is 0 Å². The van der Waals surface area contributed by atoms with Crippen molar-refractivity contribution in [1.82, 2.24) is 5.16 Å². The third kappa shape index (κ3) is 2.82. The van der Waals surface area contributed by atoms with Crippen molar-refractivity contribution in [3.05, 3.63) is 11.3 Å². The zero-order chi connectivity index (χ0) is 12.4. The maximum Gasteiger partial charge on any atom is 0.170 e. The number of nitrogens with two attached hydrogens (primary N) is 1. The molecule has 0 amide bonds. The first-order chi connectivity index (χ1) is 8.08. The molecule has 1 fully saturated rings. The lowest BCUT2D eigenvalue weighted by Crippen LogP contribution is -2.12. The summed E-state index contributed by atoms with van der Waals surface area (Å²) in [6.45, 7) is 6.75. The first kappa shape index (κ1) is 12.5. The Morgan fingerprint density at radius 3 is 2.53 bits per heavy atom. The van der Waals surface area contributed by atoms with E-state index >= 15 is 0 Å². The Morgan fingerprint density at radius 2 is 1.94 bits per heavy atom. The molecule has 2 rings (SSSR count). The average Bonchev–Trinajstić information content (AvgIpc) is 2.61. The summed E-state index contributed by atoms with van der Waals surface area (Å²) >= 11 is 0. The number of nitrogen functional groups attached to an aromatic ring is 1. The van der Waals surface area contributed by atoms with Crippen LogP contribution in [0.25, 0.3) is 0 Å². The van der Waals surface area contributed by atoms with Gasteiger partial charge in [-0.3, -0.25) is 0 Å². The Morgan fingerprint density at radius 1 is 1.29 bits per heavy atom. The summed E-state index contributed by atoms with van der Waals surface area (Å²) in [6, 6.07) is 0. The Labute approximate surface area is 104 Å². The van der Waals surface area contributed by atoms with Crippen molar-refractivity contribution in [2.45, 2.75) is 58.8 Å². The fourth-order valence-corrected chi connectivity index (χ4v) is 2.79. The van der Waals surface area contributed by atoms with E-state index in [0.29, 0.717) is 17.7 Å². The Kier molecular flexibility index (Phi) is 3.75. The molecule has 3 nitrogen and oxygen atoms in total. The van der Waals surface area contributed by atoms with E-state index in [4.69, 9.17) is 10.3 Å². The van der Waals surface area contributed by atoms with Crippen LogP contribution in [0.1, 0.15) is 63.7 Å². The molecule has 0 atom stereocenters. The van der Waals surface area contributed by atoms with Crippen LogP contribution in [0.15, 0.2) is 4.52 Å². The van der Waals surface area contributed by atoms with Crippen LogP contribution in [0.5, 0.6) is 0 Å². The summed E-state index contributed by atoms with van der Waals surface area (Å²) in [4.78, 5) is 0. The molecule has 1 saturated carbocycles. The number of hydrogen-bond acceptors (Lipinski definition) is 3. The van der Waals surface area contributed by atoms with Gasteiger partial charge < -0.3 is 10.3 Å². The second kappa shape index (κ2) is 5.11. The molecule has 0 aliphatic heterocycles. The average molecular weight is 236 g/mol. The minimum atomic E-state index is 0.546. The van der Waals surface area contributed by atoms with Crippen LogP contribution >= 0.6 is 0 Å². The predicted molar refractivity (Wildman–Crippen MR) is 69.8 cm³/mol. The fraction of sp³-hybridized carbons (Fsp3) is 0.786. The summed E-state index contributed by atoms with van der Waals surface area (Å²) < 4.78 is 5.50. The van der Waals surface area contributed by atoms with Gasteiger partial charge in [0.05, 0.1) is 0 Å². The van der Waals surface area contributed by atoms with Crippen molar-refractivity contribution < 1.29 is 4.52 Å². The van der Waals surface area contributed by atoms with Crippen molar-refractivity contribution in [3.8, 4) is 0 Å². The number of rotatable bonds is 3. The minimum Gasteiger partial charge on any atom is -0.381 e. The maximum atomic E-state index is 5.92. The summed E-state index contributed by atoms with van der Waals surface area (Å²) in [5.41, 5.74) is 7.09. The van der Waals surface area contributed by atoms with Crippen molar-refractivity contribution in [3.63, 3.8) is 0 Å². The van der Waals surface area contributed by atoms with Crippen LogP contribution in [0.2, 0.25) is 0 Å². The number of nitrogens with zero attached hydrogens (tertiary/aromatic N) is 1. The number of aromatic nitrogens is 1. The lowest BCUT2D eigenvalue weighted by molar-refractivity contribution is 0.286. The van der Waals surface area contributed by atoms with Gasteiger partial charge in [0.1, 0.15) is 5.76 Å². The number of anilines is 1. The Balaban J connectivity index is 2.14. The third-order valence-corrected chi connectivity index (χ3v) is 3.85. The van der Waals surface area contributed by atoms with Gasteiger partial charge in [0.2, 0.25) is 0 Å². The highest BCUT2D eigenvalue weighted by Gasteiger charge is 2.27. The van der Waals surface area contributed by atoms with Crippen molar-refractivity contribution in [2.24, 2.45) is 11.8 Å². The molecule has 1 aliphatic carbocycles. The molecular formula is C14H24N2O. The van der Waals surface area contributed by atoms with Gasteiger partial charge in [0.15, 0.2) is 5.82 Å². The van der Waals surface area contributed by atoms with E-state index in [2.05, 4.69) is 25.9 Å². The predicted octanol–water partition coefficient (Wildman–Crippen LogP) is 3.75. The molecule has 2 N–H and O–H groups in total. The van der Waals surface area contributed by atoms with E-state index in [1.54, 1.807) is 0 Å². The number of hydrogen-bond donors (Lipinski definition) is 1. The smallest absolute Gasteiger partial charge is 0.170 e. The highest BCUT2D eigenvalue weighted by molar-refractivity contribution is 5.42. The second-order valence-electron chi connectivity index (χ2n) is 5.97. The van der Waals surface area contributed by atoms with Crippen LogP contribution in [0, 0.1) is 11.8 Å². The van der Waals surface area contributed by atoms with Crippen LogP contribution in [-0.2, 0) is 6.42 Å². The van der Waals surface area contributed by atoms with Gasteiger partial charge in [-0.15, -0.1) is 0 Å². The molecule has 0 aromatic carbocycles. The van der Waals surface area contributed by atoms with Gasteiger partial charge in [0, 0.05) is 11.5 Å². The van der Waals surface area contributed by atoms with Gasteiger partial charge >= 0.3 is 0 Å². The molecule has 17 heavy (non-hydrogen) atoms. The zero-order valence-electron chi connectivity index (χ0n) is 11.2. The molecule has 3 heteroatoms. The van der Waals surface area contributed by atoms with Crippen LogP contribution in [0.4, 0.5) is 5.82 Å². The molecule has 0 spiro atoms. The Hall–Kier alpha value is -0.990. The molecule has 1 heterocycles. The van der Waals surface area contributed by atoms with Crippen molar-refractivity contribution in [2.75, 3.05) is 5.73 Å². The van der Waals surface area contributed by atoms with E-state index in [9.17, 15) is 0 Å². The molecule has 0 unspecified atom stereocenters.